The molecule has 3 aromatic rings. The van der Waals surface area contributed by atoms with Gasteiger partial charge < -0.3 is 0 Å². The van der Waals surface area contributed by atoms with Gasteiger partial charge in [-0.25, -0.2) is 9.97 Å². The van der Waals surface area contributed by atoms with Crippen LogP contribution in [0.5, 0.6) is 0 Å². The van der Waals surface area contributed by atoms with Gasteiger partial charge in [-0.2, -0.15) is 0 Å². The van der Waals surface area contributed by atoms with Crippen molar-refractivity contribution < 1.29 is 0 Å². The van der Waals surface area contributed by atoms with Gasteiger partial charge in [0.05, 0.1) is 21.5 Å². The minimum Gasteiger partial charge on any atom is -0.285 e. The van der Waals surface area contributed by atoms with E-state index >= 15 is 0 Å². The second-order valence-electron chi connectivity index (χ2n) is 6.04. The van der Waals surface area contributed by atoms with Gasteiger partial charge in [-0.1, -0.05) is 63.4 Å². The summed E-state index contributed by atoms with van der Waals surface area (Å²) in [5.41, 5.74) is 4.80. The number of rotatable bonds is 8. The Morgan fingerprint density at radius 1 is 1.12 bits per heavy atom. The van der Waals surface area contributed by atoms with Crippen LogP contribution in [-0.4, -0.2) is 19.5 Å². The maximum Gasteiger partial charge on any atom is 0.165 e. The summed E-state index contributed by atoms with van der Waals surface area (Å²) in [7, 11) is 0. The third kappa shape index (κ3) is 3.90. The Labute approximate surface area is 152 Å². The summed E-state index contributed by atoms with van der Waals surface area (Å²) in [5, 5.41) is 2.03. The molecule has 0 saturated heterocycles. The molecular weight excluding hydrogens is 334 g/mol. The minimum atomic E-state index is 0.869. The number of hydrogen-bond acceptors (Lipinski definition) is 4. The lowest BCUT2D eigenvalue weighted by Crippen LogP contribution is -2.10. The quantitative estimate of drug-likeness (QED) is 0.361. The molecule has 2 aromatic heterocycles. The van der Waals surface area contributed by atoms with E-state index < -0.39 is 0 Å². The van der Waals surface area contributed by atoms with Crippen LogP contribution in [0.1, 0.15) is 51.9 Å². The van der Waals surface area contributed by atoms with Crippen LogP contribution in [0, 0.1) is 0 Å². The van der Waals surface area contributed by atoms with Gasteiger partial charge in [-0.05, 0) is 25.0 Å². The van der Waals surface area contributed by atoms with Gasteiger partial charge in [0.15, 0.2) is 5.82 Å². The highest BCUT2D eigenvalue weighted by Crippen LogP contribution is 2.25. The first-order valence-electron chi connectivity index (χ1n) is 8.70. The third-order valence-electron chi connectivity index (χ3n) is 4.22. The number of thiocarbonyl (C=S) groups is 1. The standard InChI is InChI=1S/C19H23N3S2/c1-2-3-4-5-6-7-12-18(23)22-17-11-9-8-10-15(17)21-19(22)16-13-24-14-20-16/h8-11,13-14H,2-7,12H2,1H3. The number of hydrogen-bond donors (Lipinski definition) is 0. The maximum absolute atomic E-state index is 5.76. The van der Waals surface area contributed by atoms with Crippen LogP contribution in [0.15, 0.2) is 35.2 Å². The molecule has 0 spiro atoms. The summed E-state index contributed by atoms with van der Waals surface area (Å²) in [6.07, 6.45) is 8.59. The van der Waals surface area contributed by atoms with Crippen LogP contribution in [0.4, 0.5) is 0 Å². The molecule has 5 heteroatoms. The van der Waals surface area contributed by atoms with E-state index in [0.717, 1.165) is 40.4 Å². The lowest BCUT2D eigenvalue weighted by atomic mass is 10.1. The average molecular weight is 358 g/mol. The Balaban J connectivity index is 1.77. The highest BCUT2D eigenvalue weighted by atomic mass is 32.1. The molecule has 0 unspecified atom stereocenters. The molecule has 3 rings (SSSR count). The Kier molecular flexibility index (Phi) is 6.10. The molecule has 0 aliphatic carbocycles. The molecule has 0 amide bonds. The van der Waals surface area contributed by atoms with E-state index in [2.05, 4.69) is 22.5 Å². The number of thiazole rings is 1. The van der Waals surface area contributed by atoms with Crippen LogP contribution >= 0.6 is 23.6 Å². The highest BCUT2D eigenvalue weighted by Gasteiger charge is 2.16. The Bertz CT molecular complexity index is 790. The van der Waals surface area contributed by atoms with Gasteiger partial charge in [0, 0.05) is 5.38 Å². The Hall–Kier alpha value is -1.59. The molecule has 0 bridgehead atoms. The maximum atomic E-state index is 5.76. The number of aromatic nitrogens is 3. The topological polar surface area (TPSA) is 30.7 Å². The number of nitrogens with zero attached hydrogens (tertiary/aromatic N) is 3. The van der Waals surface area contributed by atoms with Gasteiger partial charge in [-0.15, -0.1) is 11.3 Å². The fourth-order valence-electron chi connectivity index (χ4n) is 2.94. The van der Waals surface area contributed by atoms with E-state index in [9.17, 15) is 0 Å². The van der Waals surface area contributed by atoms with Gasteiger partial charge in [0.25, 0.3) is 0 Å². The fraction of sp³-hybridized carbons (Fsp3) is 0.421. The van der Waals surface area contributed by atoms with Crippen molar-refractivity contribution in [1.82, 2.24) is 14.5 Å². The van der Waals surface area contributed by atoms with Crippen molar-refractivity contribution in [2.45, 2.75) is 51.9 Å². The molecule has 2 heterocycles. The largest absolute Gasteiger partial charge is 0.285 e. The van der Waals surface area contributed by atoms with Crippen molar-refractivity contribution in [3.63, 3.8) is 0 Å². The zero-order valence-electron chi connectivity index (χ0n) is 14.1. The molecule has 0 atom stereocenters. The minimum absolute atomic E-state index is 0.869. The summed E-state index contributed by atoms with van der Waals surface area (Å²) in [6, 6.07) is 8.18. The van der Waals surface area contributed by atoms with Gasteiger partial charge in [0.1, 0.15) is 5.69 Å². The number of unbranched alkanes of at least 4 members (excludes halogenated alkanes) is 5. The zero-order chi connectivity index (χ0) is 16.8. The van der Waals surface area contributed by atoms with Crippen molar-refractivity contribution in [3.8, 4) is 11.5 Å². The number of para-hydroxylation sites is 2. The van der Waals surface area contributed by atoms with Crippen molar-refractivity contribution in [1.29, 1.82) is 0 Å². The van der Waals surface area contributed by atoms with E-state index in [0.29, 0.717) is 0 Å². The summed E-state index contributed by atoms with van der Waals surface area (Å²) in [4.78, 5) is 10.1. The summed E-state index contributed by atoms with van der Waals surface area (Å²) in [5.74, 6) is 0.869. The van der Waals surface area contributed by atoms with Gasteiger partial charge >= 0.3 is 0 Å². The van der Waals surface area contributed by atoms with Gasteiger partial charge in [0.2, 0.25) is 0 Å². The number of benzene rings is 1. The lowest BCUT2D eigenvalue weighted by molar-refractivity contribution is 0.615. The fourth-order valence-corrected chi connectivity index (χ4v) is 3.80. The molecule has 0 fully saturated rings. The summed E-state index contributed by atoms with van der Waals surface area (Å²) in [6.45, 7) is 2.25. The first-order chi connectivity index (χ1) is 11.8. The second-order valence-corrected chi connectivity index (χ2v) is 7.23. The third-order valence-corrected chi connectivity index (χ3v) is 5.19. The molecule has 1 aromatic carbocycles. The predicted molar refractivity (Wildman–Crippen MR) is 107 cm³/mol. The first kappa shape index (κ1) is 17.2. The molecular formula is C19H23N3S2. The molecule has 0 aliphatic rings. The van der Waals surface area contributed by atoms with Crippen molar-refractivity contribution in [3.05, 3.63) is 35.2 Å². The molecule has 0 aliphatic heterocycles. The SMILES string of the molecule is CCCCCCCCC(=S)n1c(-c2cscn2)nc2ccccc21. The molecule has 3 nitrogen and oxygen atoms in total. The molecule has 126 valence electrons. The predicted octanol–water partition coefficient (Wildman–Crippen LogP) is 6.09. The number of imidazole rings is 1. The average Bonchev–Trinajstić information content (AvgIpc) is 3.24. The van der Waals surface area contributed by atoms with Crippen LogP contribution in [-0.2, 0) is 0 Å². The van der Waals surface area contributed by atoms with Crippen molar-refractivity contribution in [2.75, 3.05) is 0 Å². The normalized spacial score (nSPS) is 11.2. The van der Waals surface area contributed by atoms with Crippen LogP contribution < -0.4 is 0 Å². The second kappa shape index (κ2) is 8.49. The molecule has 0 radical (unpaired) electrons. The Morgan fingerprint density at radius 2 is 1.92 bits per heavy atom. The van der Waals surface area contributed by atoms with Crippen LogP contribution in [0.25, 0.3) is 22.6 Å². The van der Waals surface area contributed by atoms with Crippen LogP contribution in [0.3, 0.4) is 0 Å². The first-order valence-corrected chi connectivity index (χ1v) is 10.1. The van der Waals surface area contributed by atoms with E-state index in [1.165, 1.54) is 32.1 Å². The lowest BCUT2D eigenvalue weighted by Gasteiger charge is -2.09. The number of fused-ring (bicyclic) bond motifs is 1. The van der Waals surface area contributed by atoms with E-state index in [-0.39, 0.29) is 0 Å². The van der Waals surface area contributed by atoms with Crippen molar-refractivity contribution >= 4 is 39.6 Å². The van der Waals surface area contributed by atoms with Crippen molar-refractivity contribution in [2.24, 2.45) is 0 Å². The Morgan fingerprint density at radius 3 is 2.71 bits per heavy atom. The molecule has 24 heavy (non-hydrogen) atoms. The monoisotopic (exact) mass is 357 g/mol. The molecule has 0 saturated carbocycles. The smallest absolute Gasteiger partial charge is 0.165 e. The highest BCUT2D eigenvalue weighted by molar-refractivity contribution is 7.80. The van der Waals surface area contributed by atoms with E-state index in [1.54, 1.807) is 11.3 Å². The van der Waals surface area contributed by atoms with E-state index in [1.807, 2.05) is 29.1 Å². The van der Waals surface area contributed by atoms with Crippen LogP contribution in [0.2, 0.25) is 0 Å². The zero-order valence-corrected chi connectivity index (χ0v) is 15.7. The van der Waals surface area contributed by atoms with Gasteiger partial charge in [-0.3, -0.25) is 4.57 Å². The summed E-state index contributed by atoms with van der Waals surface area (Å²) >= 11 is 7.35. The van der Waals surface area contributed by atoms with E-state index in [4.69, 9.17) is 17.2 Å². The summed E-state index contributed by atoms with van der Waals surface area (Å²) < 4.78 is 2.12. The molecule has 0 N–H and O–H groups in total.